The monoisotopic (exact) mass is 149 g/mol. The summed E-state index contributed by atoms with van der Waals surface area (Å²) in [5.74, 6) is 0. The van der Waals surface area contributed by atoms with Crippen molar-refractivity contribution in [2.24, 2.45) is 5.73 Å². The van der Waals surface area contributed by atoms with Gasteiger partial charge in [0.1, 0.15) is 6.33 Å². The van der Waals surface area contributed by atoms with Crippen LogP contribution in [0.5, 0.6) is 0 Å². The van der Waals surface area contributed by atoms with Crippen LogP contribution in [0, 0.1) is 0 Å². The molecule has 0 unspecified atom stereocenters. The van der Waals surface area contributed by atoms with Gasteiger partial charge in [-0.15, -0.1) is 0 Å². The molecule has 0 fully saturated rings. The van der Waals surface area contributed by atoms with Crippen molar-refractivity contribution in [1.29, 1.82) is 0 Å². The Labute approximate surface area is 65.7 Å². The van der Waals surface area contributed by atoms with Crippen LogP contribution in [-0.2, 0) is 6.42 Å². The predicted octanol–water partition coefficient (Wildman–Crippen LogP) is 0.813. The normalized spacial score (nSPS) is 22.8. The molecule has 0 saturated heterocycles. The van der Waals surface area contributed by atoms with Crippen LogP contribution in [0.1, 0.15) is 30.1 Å². The van der Waals surface area contributed by atoms with Gasteiger partial charge in [-0.25, -0.2) is 9.97 Å². The fourth-order valence-corrected chi connectivity index (χ4v) is 1.53. The van der Waals surface area contributed by atoms with E-state index in [2.05, 4.69) is 9.97 Å². The van der Waals surface area contributed by atoms with Gasteiger partial charge in [0.05, 0.1) is 0 Å². The number of hydrogen-bond acceptors (Lipinski definition) is 3. The molecule has 0 aliphatic heterocycles. The Morgan fingerprint density at radius 3 is 3.27 bits per heavy atom. The molecule has 0 spiro atoms. The molecule has 0 bridgehead atoms. The van der Waals surface area contributed by atoms with Crippen LogP contribution >= 0.6 is 0 Å². The fraction of sp³-hybridized carbons (Fsp3) is 0.500. The van der Waals surface area contributed by atoms with Gasteiger partial charge in [-0.05, 0) is 19.3 Å². The lowest BCUT2D eigenvalue weighted by atomic mass is 9.93. The lowest BCUT2D eigenvalue weighted by molar-refractivity contribution is 0.556. The van der Waals surface area contributed by atoms with E-state index >= 15 is 0 Å². The third-order valence-electron chi connectivity index (χ3n) is 2.16. The smallest absolute Gasteiger partial charge is 0.115 e. The molecule has 0 aromatic carbocycles. The fourth-order valence-electron chi connectivity index (χ4n) is 1.53. The van der Waals surface area contributed by atoms with Gasteiger partial charge < -0.3 is 5.73 Å². The van der Waals surface area contributed by atoms with Crippen LogP contribution < -0.4 is 5.73 Å². The first-order valence-electron chi connectivity index (χ1n) is 3.92. The van der Waals surface area contributed by atoms with Crippen molar-refractivity contribution < 1.29 is 0 Å². The lowest BCUT2D eigenvalue weighted by Gasteiger charge is -2.19. The molecule has 0 saturated carbocycles. The Morgan fingerprint density at radius 2 is 2.45 bits per heavy atom. The summed E-state index contributed by atoms with van der Waals surface area (Å²) in [5, 5.41) is 0. The van der Waals surface area contributed by atoms with E-state index in [1.54, 1.807) is 6.33 Å². The van der Waals surface area contributed by atoms with Crippen molar-refractivity contribution in [1.82, 2.24) is 9.97 Å². The molecule has 2 rings (SSSR count). The van der Waals surface area contributed by atoms with Crippen molar-refractivity contribution in [2.75, 3.05) is 0 Å². The summed E-state index contributed by atoms with van der Waals surface area (Å²) in [4.78, 5) is 8.14. The first kappa shape index (κ1) is 6.73. The Morgan fingerprint density at radius 1 is 1.55 bits per heavy atom. The maximum Gasteiger partial charge on any atom is 0.115 e. The van der Waals surface area contributed by atoms with E-state index in [-0.39, 0.29) is 6.04 Å². The Bertz CT molecular complexity index is 259. The van der Waals surface area contributed by atoms with Crippen LogP contribution in [0.2, 0.25) is 0 Å². The Balaban J connectivity index is 2.44. The zero-order valence-corrected chi connectivity index (χ0v) is 6.33. The quantitative estimate of drug-likeness (QED) is 0.594. The number of aromatic nitrogens is 2. The average molecular weight is 149 g/mol. The summed E-state index contributed by atoms with van der Waals surface area (Å²) in [7, 11) is 0. The van der Waals surface area contributed by atoms with Crippen LogP contribution in [-0.4, -0.2) is 9.97 Å². The van der Waals surface area contributed by atoms with Crippen molar-refractivity contribution in [3.05, 3.63) is 23.8 Å². The van der Waals surface area contributed by atoms with E-state index in [4.69, 9.17) is 5.73 Å². The largest absolute Gasteiger partial charge is 0.324 e. The minimum absolute atomic E-state index is 0.167. The highest BCUT2D eigenvalue weighted by Gasteiger charge is 2.16. The molecule has 2 N–H and O–H groups in total. The van der Waals surface area contributed by atoms with Gasteiger partial charge in [-0.2, -0.15) is 0 Å². The van der Waals surface area contributed by atoms with E-state index in [0.717, 1.165) is 30.5 Å². The zero-order valence-electron chi connectivity index (χ0n) is 6.33. The zero-order chi connectivity index (χ0) is 7.68. The minimum Gasteiger partial charge on any atom is -0.324 e. The van der Waals surface area contributed by atoms with Crippen LogP contribution in [0.15, 0.2) is 12.5 Å². The first-order valence-corrected chi connectivity index (χ1v) is 3.92. The average Bonchev–Trinajstić information content (AvgIpc) is 2.06. The van der Waals surface area contributed by atoms with E-state index in [1.165, 1.54) is 0 Å². The van der Waals surface area contributed by atoms with E-state index in [1.807, 2.05) is 6.20 Å². The van der Waals surface area contributed by atoms with Crippen molar-refractivity contribution in [3.8, 4) is 0 Å². The highest BCUT2D eigenvalue weighted by atomic mass is 14.8. The molecule has 1 heterocycles. The number of fused-ring (bicyclic) bond motifs is 1. The van der Waals surface area contributed by atoms with Crippen LogP contribution in [0.4, 0.5) is 0 Å². The topological polar surface area (TPSA) is 51.8 Å². The first-order chi connectivity index (χ1) is 5.38. The summed E-state index contributed by atoms with van der Waals surface area (Å²) >= 11 is 0. The van der Waals surface area contributed by atoms with Gasteiger partial charge in [-0.1, -0.05) is 0 Å². The van der Waals surface area contributed by atoms with Crippen molar-refractivity contribution in [3.63, 3.8) is 0 Å². The molecule has 1 aliphatic carbocycles. The van der Waals surface area contributed by atoms with Gasteiger partial charge in [-0.3, -0.25) is 0 Å². The molecule has 0 amide bonds. The second-order valence-electron chi connectivity index (χ2n) is 2.92. The van der Waals surface area contributed by atoms with Gasteiger partial charge in [0.15, 0.2) is 0 Å². The Hall–Kier alpha value is -0.960. The van der Waals surface area contributed by atoms with Gasteiger partial charge in [0.25, 0.3) is 0 Å². The minimum atomic E-state index is 0.167. The summed E-state index contributed by atoms with van der Waals surface area (Å²) in [6, 6.07) is 0.167. The van der Waals surface area contributed by atoms with E-state index in [0.29, 0.717) is 0 Å². The lowest BCUT2D eigenvalue weighted by Crippen LogP contribution is -2.18. The number of rotatable bonds is 0. The molecule has 1 aromatic rings. The molecule has 1 aliphatic rings. The van der Waals surface area contributed by atoms with Gasteiger partial charge in [0, 0.05) is 23.5 Å². The molecule has 0 radical (unpaired) electrons. The molecule has 1 aromatic heterocycles. The molecule has 3 nitrogen and oxygen atoms in total. The number of nitrogens with two attached hydrogens (primary N) is 1. The van der Waals surface area contributed by atoms with Gasteiger partial charge >= 0.3 is 0 Å². The second-order valence-corrected chi connectivity index (χ2v) is 2.92. The molecule has 11 heavy (non-hydrogen) atoms. The maximum atomic E-state index is 5.87. The summed E-state index contributed by atoms with van der Waals surface area (Å²) < 4.78 is 0. The highest BCUT2D eigenvalue weighted by Crippen LogP contribution is 2.24. The Kier molecular flexibility index (Phi) is 1.58. The van der Waals surface area contributed by atoms with E-state index in [9.17, 15) is 0 Å². The number of aryl methyl sites for hydroxylation is 1. The molecular formula is C8H11N3. The predicted molar refractivity (Wildman–Crippen MR) is 41.9 cm³/mol. The number of hydrogen-bond donors (Lipinski definition) is 1. The maximum absolute atomic E-state index is 5.87. The summed E-state index contributed by atoms with van der Waals surface area (Å²) in [5.41, 5.74) is 8.14. The molecule has 1 atom stereocenters. The second kappa shape index (κ2) is 2.58. The third-order valence-corrected chi connectivity index (χ3v) is 2.16. The van der Waals surface area contributed by atoms with Crippen LogP contribution in [0.25, 0.3) is 0 Å². The SMILES string of the molecule is N[C@@H]1CCCc2ncncc21. The third kappa shape index (κ3) is 1.12. The molecular weight excluding hydrogens is 138 g/mol. The molecule has 3 heteroatoms. The van der Waals surface area contributed by atoms with Gasteiger partial charge in [0.2, 0.25) is 0 Å². The summed E-state index contributed by atoms with van der Waals surface area (Å²) in [6.07, 6.45) is 6.72. The van der Waals surface area contributed by atoms with Crippen molar-refractivity contribution in [2.45, 2.75) is 25.3 Å². The van der Waals surface area contributed by atoms with E-state index < -0.39 is 0 Å². The molecule has 58 valence electrons. The van der Waals surface area contributed by atoms with Crippen molar-refractivity contribution >= 4 is 0 Å². The number of nitrogens with zero attached hydrogens (tertiary/aromatic N) is 2. The highest BCUT2D eigenvalue weighted by molar-refractivity contribution is 5.22. The standard InChI is InChI=1S/C8H11N3/c9-7-2-1-3-8-6(7)4-10-5-11-8/h4-5,7H,1-3,9H2/t7-/m1/s1. The van der Waals surface area contributed by atoms with Crippen LogP contribution in [0.3, 0.4) is 0 Å². The summed E-state index contributed by atoms with van der Waals surface area (Å²) in [6.45, 7) is 0.